The Bertz CT molecular complexity index is 1110. The quantitative estimate of drug-likeness (QED) is 0.531. The monoisotopic (exact) mass is 487 g/mol. The van der Waals surface area contributed by atoms with Gasteiger partial charge in [-0.15, -0.1) is 0 Å². The molecule has 0 aromatic heterocycles. The lowest BCUT2D eigenvalue weighted by molar-refractivity contribution is -0.136. The molecule has 0 radical (unpaired) electrons. The first-order valence-corrected chi connectivity index (χ1v) is 13.8. The maximum atomic E-state index is 14.0. The minimum atomic E-state index is -0.492. The maximum absolute atomic E-state index is 14.0. The molecular weight excluding hydrogens is 450 g/mol. The number of nitrogens with one attached hydrogen (secondary N) is 3. The molecule has 2 amide bonds. The summed E-state index contributed by atoms with van der Waals surface area (Å²) in [4.78, 5) is 18.4. The number of carbonyl (C=O) groups excluding carboxylic acids is 1. The van der Waals surface area contributed by atoms with E-state index in [-0.39, 0.29) is 18.1 Å². The Kier molecular flexibility index (Phi) is 5.40. The van der Waals surface area contributed by atoms with Gasteiger partial charge in [0.1, 0.15) is 0 Å². The Morgan fingerprint density at radius 3 is 2.42 bits per heavy atom. The van der Waals surface area contributed by atoms with Crippen LogP contribution in [0.25, 0.3) is 0 Å². The maximum Gasteiger partial charge on any atom is 0.322 e. The summed E-state index contributed by atoms with van der Waals surface area (Å²) in [6.07, 6.45) is 4.90. The number of carbonyl (C=O) groups is 1. The molecule has 1 saturated heterocycles. The molecule has 36 heavy (non-hydrogen) atoms. The van der Waals surface area contributed by atoms with Gasteiger partial charge < -0.3 is 26.0 Å². The van der Waals surface area contributed by atoms with Crippen LogP contribution >= 0.6 is 0 Å². The number of piperazine rings is 1. The lowest BCUT2D eigenvalue weighted by atomic mass is 9.52. The van der Waals surface area contributed by atoms with Crippen molar-refractivity contribution in [1.82, 2.24) is 10.6 Å². The SMILES string of the molecule is O=C(NC1C2CC3CC1CC(O)(C3)C2)N1c2ccccc2NCC1c1ccc(N2CCNCC2)cc1. The van der Waals surface area contributed by atoms with Gasteiger partial charge in [-0.05, 0) is 79.7 Å². The molecule has 6 aliphatic rings. The third-order valence-corrected chi connectivity index (χ3v) is 9.47. The number of hydrogen-bond donors (Lipinski definition) is 4. The fraction of sp³-hybridized carbons (Fsp3) is 0.552. The summed E-state index contributed by atoms with van der Waals surface area (Å²) in [5.41, 5.74) is 3.83. The van der Waals surface area contributed by atoms with E-state index in [1.165, 1.54) is 5.69 Å². The number of rotatable bonds is 3. The number of para-hydroxylation sites is 2. The number of hydrogen-bond acceptors (Lipinski definition) is 5. The summed E-state index contributed by atoms with van der Waals surface area (Å²) in [6, 6.07) is 17.0. The van der Waals surface area contributed by atoms with E-state index < -0.39 is 5.60 Å². The molecule has 190 valence electrons. The first kappa shape index (κ1) is 22.4. The van der Waals surface area contributed by atoms with Crippen LogP contribution in [0.15, 0.2) is 48.5 Å². The summed E-state index contributed by atoms with van der Waals surface area (Å²) < 4.78 is 0. The van der Waals surface area contributed by atoms with Gasteiger partial charge >= 0.3 is 6.03 Å². The number of urea groups is 1. The van der Waals surface area contributed by atoms with Gasteiger partial charge in [0.25, 0.3) is 0 Å². The molecule has 3 unspecified atom stereocenters. The zero-order valence-corrected chi connectivity index (χ0v) is 20.8. The Labute approximate surface area is 213 Å². The third-order valence-electron chi connectivity index (χ3n) is 9.47. The normalized spacial score (nSPS) is 34.8. The van der Waals surface area contributed by atoms with E-state index in [0.29, 0.717) is 24.3 Å². The average Bonchev–Trinajstić information content (AvgIpc) is 2.89. The van der Waals surface area contributed by atoms with Crippen molar-refractivity contribution in [2.45, 2.75) is 49.8 Å². The van der Waals surface area contributed by atoms with Crippen LogP contribution in [0.1, 0.15) is 43.7 Å². The van der Waals surface area contributed by atoms with Gasteiger partial charge in [0.2, 0.25) is 0 Å². The average molecular weight is 488 g/mol. The van der Waals surface area contributed by atoms with Crippen molar-refractivity contribution in [2.75, 3.05) is 47.8 Å². The zero-order chi connectivity index (χ0) is 24.3. The Hall–Kier alpha value is -2.77. The van der Waals surface area contributed by atoms with Gasteiger partial charge in [0.15, 0.2) is 0 Å². The summed E-state index contributed by atoms with van der Waals surface area (Å²) in [5, 5.41) is 21.5. The number of benzene rings is 2. The molecule has 0 spiro atoms. The smallest absolute Gasteiger partial charge is 0.322 e. The van der Waals surface area contributed by atoms with Gasteiger partial charge in [0.05, 0.1) is 23.0 Å². The van der Waals surface area contributed by atoms with Crippen molar-refractivity contribution >= 4 is 23.1 Å². The van der Waals surface area contributed by atoms with E-state index in [4.69, 9.17) is 0 Å². The number of amides is 2. The van der Waals surface area contributed by atoms with Crippen LogP contribution in [0.5, 0.6) is 0 Å². The predicted octanol–water partition coefficient (Wildman–Crippen LogP) is 3.72. The van der Waals surface area contributed by atoms with Crippen molar-refractivity contribution in [1.29, 1.82) is 0 Å². The minimum absolute atomic E-state index is 0.00963. The van der Waals surface area contributed by atoms with Gasteiger partial charge in [0, 0.05) is 44.5 Å². The first-order chi connectivity index (χ1) is 17.6. The van der Waals surface area contributed by atoms with Crippen LogP contribution in [-0.2, 0) is 0 Å². The van der Waals surface area contributed by atoms with Gasteiger partial charge in [-0.2, -0.15) is 0 Å². The lowest BCUT2D eigenvalue weighted by Gasteiger charge is -2.58. The van der Waals surface area contributed by atoms with Gasteiger partial charge in [-0.1, -0.05) is 24.3 Å². The highest BCUT2D eigenvalue weighted by Gasteiger charge is 2.55. The molecule has 2 heterocycles. The molecule has 2 aliphatic heterocycles. The topological polar surface area (TPSA) is 79.9 Å². The molecule has 2 aromatic rings. The lowest BCUT2D eigenvalue weighted by Crippen LogP contribution is -2.63. The highest BCUT2D eigenvalue weighted by atomic mass is 16.3. The van der Waals surface area contributed by atoms with E-state index in [1.807, 2.05) is 23.1 Å². The van der Waals surface area contributed by atoms with E-state index in [1.54, 1.807) is 0 Å². The van der Waals surface area contributed by atoms with Crippen LogP contribution in [0, 0.1) is 17.8 Å². The van der Waals surface area contributed by atoms with Gasteiger partial charge in [-0.3, -0.25) is 4.90 Å². The molecule has 4 bridgehead atoms. The summed E-state index contributed by atoms with van der Waals surface area (Å²) in [5.74, 6) is 1.41. The third kappa shape index (κ3) is 3.84. The van der Waals surface area contributed by atoms with Crippen LogP contribution in [0.2, 0.25) is 0 Å². The second-order valence-electron chi connectivity index (χ2n) is 11.8. The molecule has 4 N–H and O–H groups in total. The van der Waals surface area contributed by atoms with Crippen molar-refractivity contribution < 1.29 is 9.90 Å². The fourth-order valence-corrected chi connectivity index (χ4v) is 8.08. The molecule has 3 atom stereocenters. The zero-order valence-electron chi connectivity index (χ0n) is 20.8. The number of aliphatic hydroxyl groups is 1. The van der Waals surface area contributed by atoms with Crippen LogP contribution in [0.4, 0.5) is 21.9 Å². The molecule has 4 aliphatic carbocycles. The Morgan fingerprint density at radius 2 is 1.69 bits per heavy atom. The molecule has 4 saturated carbocycles. The summed E-state index contributed by atoms with van der Waals surface area (Å²) in [7, 11) is 0. The Morgan fingerprint density at radius 1 is 0.972 bits per heavy atom. The van der Waals surface area contributed by atoms with E-state index in [2.05, 4.69) is 51.2 Å². The molecular formula is C29H37N5O2. The minimum Gasteiger partial charge on any atom is -0.390 e. The van der Waals surface area contributed by atoms with Crippen molar-refractivity contribution in [3.63, 3.8) is 0 Å². The van der Waals surface area contributed by atoms with E-state index >= 15 is 0 Å². The van der Waals surface area contributed by atoms with Crippen molar-refractivity contribution in [3.8, 4) is 0 Å². The largest absolute Gasteiger partial charge is 0.390 e. The molecule has 2 aromatic carbocycles. The number of anilines is 3. The second kappa shape index (κ2) is 8.67. The molecule has 5 fully saturated rings. The predicted molar refractivity (Wildman–Crippen MR) is 143 cm³/mol. The molecule has 7 nitrogen and oxygen atoms in total. The van der Waals surface area contributed by atoms with Crippen LogP contribution in [0.3, 0.4) is 0 Å². The standard InChI is InChI=1S/C29H37N5O2/c35-28(32-27-21-13-19-14-22(27)17-29(36,15-19)16-21)34-25-4-2-1-3-24(25)31-18-26(34)20-5-7-23(8-6-20)33-11-9-30-10-12-33/h1-8,19,21-22,26-27,30-31,36H,9-18H2,(H,32,35). The van der Waals surface area contributed by atoms with Crippen molar-refractivity contribution in [2.24, 2.45) is 17.8 Å². The summed E-state index contributed by atoms with van der Waals surface area (Å²) in [6.45, 7) is 4.75. The van der Waals surface area contributed by atoms with Gasteiger partial charge in [-0.25, -0.2) is 4.79 Å². The summed E-state index contributed by atoms with van der Waals surface area (Å²) >= 11 is 0. The molecule has 7 heteroatoms. The number of fused-ring (bicyclic) bond motifs is 1. The number of nitrogens with zero attached hydrogens (tertiary/aromatic N) is 2. The van der Waals surface area contributed by atoms with E-state index in [0.717, 1.165) is 75.2 Å². The fourth-order valence-electron chi connectivity index (χ4n) is 8.08. The van der Waals surface area contributed by atoms with E-state index in [9.17, 15) is 9.90 Å². The van der Waals surface area contributed by atoms with Crippen LogP contribution in [-0.4, -0.2) is 55.5 Å². The van der Waals surface area contributed by atoms with Crippen molar-refractivity contribution in [3.05, 3.63) is 54.1 Å². The molecule has 8 rings (SSSR count). The first-order valence-electron chi connectivity index (χ1n) is 13.8. The Balaban J connectivity index is 1.16. The second-order valence-corrected chi connectivity index (χ2v) is 11.8. The highest BCUT2D eigenvalue weighted by molar-refractivity contribution is 5.97. The highest BCUT2D eigenvalue weighted by Crippen LogP contribution is 2.55. The van der Waals surface area contributed by atoms with Crippen LogP contribution < -0.4 is 25.8 Å².